The molecule has 0 aromatic carbocycles. The summed E-state index contributed by atoms with van der Waals surface area (Å²) in [7, 11) is 1.85. The zero-order valence-electron chi connectivity index (χ0n) is 10.0. The molecule has 4 nitrogen and oxygen atoms in total. The Kier molecular flexibility index (Phi) is 4.53. The molecule has 17 heavy (non-hydrogen) atoms. The summed E-state index contributed by atoms with van der Waals surface area (Å²) < 4.78 is 5.53. The molecule has 1 aliphatic rings. The molecule has 5 heteroatoms. The van der Waals surface area contributed by atoms with Gasteiger partial charge >= 0.3 is 0 Å². The zero-order chi connectivity index (χ0) is 12.1. The second-order valence-electron chi connectivity index (χ2n) is 4.23. The fraction of sp³-hybridized carbons (Fsp3) is 0.583. The summed E-state index contributed by atoms with van der Waals surface area (Å²) in [6.45, 7) is 3.05. The molecular weight excluding hydrogens is 236 g/mol. The largest absolute Gasteiger partial charge is 0.375 e. The van der Waals surface area contributed by atoms with Crippen molar-refractivity contribution in [2.24, 2.45) is 0 Å². The molecule has 0 saturated carbocycles. The summed E-state index contributed by atoms with van der Waals surface area (Å²) >= 11 is 1.68. The Morgan fingerprint density at radius 3 is 3.24 bits per heavy atom. The molecule has 0 bridgehead atoms. The van der Waals surface area contributed by atoms with Crippen molar-refractivity contribution in [2.45, 2.75) is 19.1 Å². The number of hydrogen-bond donors (Lipinski definition) is 1. The molecule has 0 aliphatic carbocycles. The molecule has 1 fully saturated rings. The van der Waals surface area contributed by atoms with Gasteiger partial charge in [0.2, 0.25) is 5.91 Å². The lowest BCUT2D eigenvalue weighted by molar-refractivity contribution is -0.133. The van der Waals surface area contributed by atoms with Crippen molar-refractivity contribution in [3.8, 4) is 0 Å². The monoisotopic (exact) mass is 254 g/mol. The molecule has 0 spiro atoms. The molecule has 1 atom stereocenters. The standard InChI is InChI=1S/C12H18N2O2S/c1-14(9-11-3-2-6-17-11)12(15)7-10-8-13-4-5-16-10/h2-3,6,10,13H,4-5,7-9H2,1H3. The van der Waals surface area contributed by atoms with E-state index in [1.165, 1.54) is 4.88 Å². The maximum Gasteiger partial charge on any atom is 0.225 e. The Morgan fingerprint density at radius 1 is 1.71 bits per heavy atom. The van der Waals surface area contributed by atoms with Crippen LogP contribution >= 0.6 is 11.3 Å². The third-order valence-electron chi connectivity index (χ3n) is 2.81. The average molecular weight is 254 g/mol. The summed E-state index contributed by atoms with van der Waals surface area (Å²) in [6, 6.07) is 4.06. The van der Waals surface area contributed by atoms with Gasteiger partial charge < -0.3 is 15.0 Å². The normalized spacial score (nSPS) is 20.2. The first-order valence-electron chi connectivity index (χ1n) is 5.84. The molecule has 1 amide bonds. The lowest BCUT2D eigenvalue weighted by atomic mass is 10.2. The number of thiophene rings is 1. The van der Waals surface area contributed by atoms with Crippen LogP contribution in [0.25, 0.3) is 0 Å². The molecule has 2 rings (SSSR count). The Morgan fingerprint density at radius 2 is 2.59 bits per heavy atom. The lowest BCUT2D eigenvalue weighted by Crippen LogP contribution is -2.41. The second-order valence-corrected chi connectivity index (χ2v) is 5.26. The highest BCUT2D eigenvalue weighted by Gasteiger charge is 2.19. The van der Waals surface area contributed by atoms with E-state index in [4.69, 9.17) is 4.74 Å². The number of hydrogen-bond acceptors (Lipinski definition) is 4. The van der Waals surface area contributed by atoms with Crippen LogP contribution in [0.4, 0.5) is 0 Å². The number of rotatable bonds is 4. The Hall–Kier alpha value is -0.910. The number of nitrogens with one attached hydrogen (secondary N) is 1. The van der Waals surface area contributed by atoms with Crippen molar-refractivity contribution in [3.05, 3.63) is 22.4 Å². The van der Waals surface area contributed by atoms with Crippen molar-refractivity contribution in [1.29, 1.82) is 0 Å². The number of carbonyl (C=O) groups is 1. The first-order chi connectivity index (χ1) is 8.25. The second kappa shape index (κ2) is 6.14. The minimum absolute atomic E-state index is 0.0297. The fourth-order valence-corrected chi connectivity index (χ4v) is 2.58. The van der Waals surface area contributed by atoms with Crippen molar-refractivity contribution in [3.63, 3.8) is 0 Å². The molecule has 94 valence electrons. The Labute approximate surface area is 106 Å². The topological polar surface area (TPSA) is 41.6 Å². The van der Waals surface area contributed by atoms with Gasteiger partial charge in [-0.2, -0.15) is 0 Å². The van der Waals surface area contributed by atoms with Crippen LogP contribution in [0, 0.1) is 0 Å². The fourth-order valence-electron chi connectivity index (χ4n) is 1.83. The predicted octanol–water partition coefficient (Wildman–Crippen LogP) is 1.08. The maximum atomic E-state index is 12.0. The summed E-state index contributed by atoms with van der Waals surface area (Å²) in [5, 5.41) is 5.26. The molecular formula is C12H18N2O2S. The van der Waals surface area contributed by atoms with Gasteiger partial charge in [0.25, 0.3) is 0 Å². The van der Waals surface area contributed by atoms with Crippen molar-refractivity contribution < 1.29 is 9.53 Å². The Balaban J connectivity index is 1.78. The molecule has 1 N–H and O–H groups in total. The van der Waals surface area contributed by atoms with Crippen LogP contribution in [0.2, 0.25) is 0 Å². The van der Waals surface area contributed by atoms with Crippen LogP contribution in [0.15, 0.2) is 17.5 Å². The van der Waals surface area contributed by atoms with Gasteiger partial charge in [-0.1, -0.05) is 6.07 Å². The van der Waals surface area contributed by atoms with Crippen LogP contribution < -0.4 is 5.32 Å². The maximum absolute atomic E-state index is 12.0. The summed E-state index contributed by atoms with van der Waals surface area (Å²) in [5.41, 5.74) is 0. The summed E-state index contributed by atoms with van der Waals surface area (Å²) in [6.07, 6.45) is 0.497. The van der Waals surface area contributed by atoms with Crippen LogP contribution in [0.5, 0.6) is 0 Å². The minimum Gasteiger partial charge on any atom is -0.375 e. The quantitative estimate of drug-likeness (QED) is 0.874. The van der Waals surface area contributed by atoms with Gasteiger partial charge in [0.1, 0.15) is 0 Å². The van der Waals surface area contributed by atoms with Gasteiger partial charge in [-0.05, 0) is 11.4 Å². The smallest absolute Gasteiger partial charge is 0.225 e. The van der Waals surface area contributed by atoms with E-state index in [2.05, 4.69) is 5.32 Å². The lowest BCUT2D eigenvalue weighted by Gasteiger charge is -2.25. The minimum atomic E-state index is 0.0297. The zero-order valence-corrected chi connectivity index (χ0v) is 10.8. The van der Waals surface area contributed by atoms with Gasteiger partial charge in [0, 0.05) is 25.0 Å². The number of ether oxygens (including phenoxy) is 1. The van der Waals surface area contributed by atoms with E-state index in [9.17, 15) is 4.79 Å². The number of morpholine rings is 1. The van der Waals surface area contributed by atoms with Crippen LogP contribution in [0.1, 0.15) is 11.3 Å². The number of nitrogens with zero attached hydrogens (tertiary/aromatic N) is 1. The van der Waals surface area contributed by atoms with E-state index in [0.717, 1.165) is 13.1 Å². The van der Waals surface area contributed by atoms with Crippen LogP contribution in [-0.2, 0) is 16.1 Å². The molecule has 1 aliphatic heterocycles. The SMILES string of the molecule is CN(Cc1cccs1)C(=O)CC1CNCCO1. The van der Waals surface area contributed by atoms with Crippen molar-refractivity contribution >= 4 is 17.2 Å². The molecule has 0 radical (unpaired) electrons. The van der Waals surface area contributed by atoms with E-state index in [1.54, 1.807) is 16.2 Å². The highest BCUT2D eigenvalue weighted by atomic mass is 32.1. The highest BCUT2D eigenvalue weighted by molar-refractivity contribution is 7.09. The molecule has 1 aromatic heterocycles. The van der Waals surface area contributed by atoms with E-state index < -0.39 is 0 Å². The first-order valence-corrected chi connectivity index (χ1v) is 6.72. The van der Waals surface area contributed by atoms with Gasteiger partial charge in [0.05, 0.1) is 25.7 Å². The van der Waals surface area contributed by atoms with E-state index >= 15 is 0 Å². The van der Waals surface area contributed by atoms with Crippen molar-refractivity contribution in [1.82, 2.24) is 10.2 Å². The summed E-state index contributed by atoms with van der Waals surface area (Å²) in [4.78, 5) is 14.9. The molecule has 1 saturated heterocycles. The highest BCUT2D eigenvalue weighted by Crippen LogP contribution is 2.12. The predicted molar refractivity (Wildman–Crippen MR) is 68.0 cm³/mol. The average Bonchev–Trinajstić information content (AvgIpc) is 2.83. The molecule has 2 heterocycles. The van der Waals surface area contributed by atoms with Crippen LogP contribution in [-0.4, -0.2) is 43.7 Å². The van der Waals surface area contributed by atoms with E-state index in [-0.39, 0.29) is 12.0 Å². The van der Waals surface area contributed by atoms with E-state index in [0.29, 0.717) is 19.6 Å². The Bertz CT molecular complexity index is 347. The molecule has 1 aromatic rings. The van der Waals surface area contributed by atoms with Gasteiger partial charge in [0.15, 0.2) is 0 Å². The summed E-state index contributed by atoms with van der Waals surface area (Å²) in [5.74, 6) is 0.145. The van der Waals surface area contributed by atoms with Crippen molar-refractivity contribution in [2.75, 3.05) is 26.7 Å². The number of amides is 1. The number of carbonyl (C=O) groups excluding carboxylic acids is 1. The third-order valence-corrected chi connectivity index (χ3v) is 3.67. The van der Waals surface area contributed by atoms with Gasteiger partial charge in [-0.25, -0.2) is 0 Å². The van der Waals surface area contributed by atoms with Gasteiger partial charge in [-0.15, -0.1) is 11.3 Å². The van der Waals surface area contributed by atoms with E-state index in [1.807, 2.05) is 24.6 Å². The first kappa shape index (κ1) is 12.5. The third kappa shape index (κ3) is 3.80. The molecule has 1 unspecified atom stereocenters. The van der Waals surface area contributed by atoms with Crippen LogP contribution in [0.3, 0.4) is 0 Å². The van der Waals surface area contributed by atoms with Gasteiger partial charge in [-0.3, -0.25) is 4.79 Å².